The average Bonchev–Trinajstić information content (AvgIpc) is 2.71. The lowest BCUT2D eigenvalue weighted by atomic mass is 9.93. The molecule has 0 aromatic carbocycles. The largest absolute Gasteiger partial charge is 0.467 e. The summed E-state index contributed by atoms with van der Waals surface area (Å²) < 4.78 is 10.2. The smallest absolute Gasteiger partial charge is 0.411 e. The van der Waals surface area contributed by atoms with Crippen LogP contribution in [-0.2, 0) is 14.3 Å². The fourth-order valence-corrected chi connectivity index (χ4v) is 2.69. The molecule has 0 unspecified atom stereocenters. The van der Waals surface area contributed by atoms with Gasteiger partial charge in [-0.1, -0.05) is 0 Å². The summed E-state index contributed by atoms with van der Waals surface area (Å²) in [6.07, 6.45) is 1.19. The summed E-state index contributed by atoms with van der Waals surface area (Å²) in [5.41, 5.74) is -1.57. The predicted octanol–water partition coefficient (Wildman–Crippen LogP) is 2.56. The van der Waals surface area contributed by atoms with Crippen LogP contribution >= 0.6 is 11.6 Å². The SMILES string of the molecule is COC(=O)[C@]1(CCCl)CCCN1C(=O)OC(C)(C)C. The van der Waals surface area contributed by atoms with E-state index in [9.17, 15) is 9.59 Å². The fraction of sp³-hybridized carbons (Fsp3) is 0.846. The Morgan fingerprint density at radius 3 is 2.47 bits per heavy atom. The van der Waals surface area contributed by atoms with Crippen LogP contribution in [0, 0.1) is 0 Å². The number of methoxy groups -OCH3 is 1. The van der Waals surface area contributed by atoms with Crippen molar-refractivity contribution in [2.24, 2.45) is 0 Å². The average molecular weight is 292 g/mol. The van der Waals surface area contributed by atoms with Crippen molar-refractivity contribution in [3.63, 3.8) is 0 Å². The van der Waals surface area contributed by atoms with E-state index >= 15 is 0 Å². The lowest BCUT2D eigenvalue weighted by Crippen LogP contribution is -2.55. The molecule has 0 N–H and O–H groups in total. The molecular weight excluding hydrogens is 270 g/mol. The summed E-state index contributed by atoms with van der Waals surface area (Å²) in [6, 6.07) is 0. The minimum Gasteiger partial charge on any atom is -0.467 e. The van der Waals surface area contributed by atoms with E-state index in [0.29, 0.717) is 19.4 Å². The van der Waals surface area contributed by atoms with Gasteiger partial charge in [-0.2, -0.15) is 0 Å². The van der Waals surface area contributed by atoms with E-state index < -0.39 is 23.2 Å². The Hall–Kier alpha value is -0.970. The number of hydrogen-bond acceptors (Lipinski definition) is 4. The maximum atomic E-state index is 12.2. The van der Waals surface area contributed by atoms with Gasteiger partial charge in [0.1, 0.15) is 11.1 Å². The Morgan fingerprint density at radius 2 is 2.00 bits per heavy atom. The van der Waals surface area contributed by atoms with Crippen molar-refractivity contribution >= 4 is 23.7 Å². The van der Waals surface area contributed by atoms with Gasteiger partial charge in [-0.15, -0.1) is 11.6 Å². The Kier molecular flexibility index (Phi) is 5.07. The highest BCUT2D eigenvalue weighted by Crippen LogP contribution is 2.35. The molecule has 0 aromatic rings. The van der Waals surface area contributed by atoms with Crippen LogP contribution in [-0.4, -0.2) is 47.6 Å². The molecule has 1 aliphatic rings. The number of carbonyl (C=O) groups excluding carboxylic acids is 2. The van der Waals surface area contributed by atoms with Gasteiger partial charge in [-0.05, 0) is 40.0 Å². The summed E-state index contributed by atoms with van der Waals surface area (Å²) in [5, 5.41) is 0. The molecule has 19 heavy (non-hydrogen) atoms. The highest BCUT2D eigenvalue weighted by Gasteiger charge is 2.51. The normalized spacial score (nSPS) is 23.3. The Balaban J connectivity index is 2.96. The van der Waals surface area contributed by atoms with E-state index in [0.717, 1.165) is 6.42 Å². The van der Waals surface area contributed by atoms with Gasteiger partial charge in [0.05, 0.1) is 7.11 Å². The van der Waals surface area contributed by atoms with Crippen molar-refractivity contribution in [2.75, 3.05) is 19.5 Å². The third kappa shape index (κ3) is 3.53. The zero-order chi connectivity index (χ0) is 14.7. The van der Waals surface area contributed by atoms with E-state index in [1.807, 2.05) is 0 Å². The van der Waals surface area contributed by atoms with Gasteiger partial charge in [0, 0.05) is 12.4 Å². The topological polar surface area (TPSA) is 55.8 Å². The van der Waals surface area contributed by atoms with Crippen LogP contribution in [0.2, 0.25) is 0 Å². The van der Waals surface area contributed by atoms with E-state index in [1.54, 1.807) is 20.8 Å². The maximum absolute atomic E-state index is 12.2. The lowest BCUT2D eigenvalue weighted by Gasteiger charge is -2.36. The van der Waals surface area contributed by atoms with Gasteiger partial charge >= 0.3 is 12.1 Å². The molecule has 0 aliphatic carbocycles. The maximum Gasteiger partial charge on any atom is 0.411 e. The first-order chi connectivity index (χ1) is 8.77. The number of ether oxygens (including phenoxy) is 2. The highest BCUT2D eigenvalue weighted by molar-refractivity contribution is 6.18. The molecular formula is C13H22ClNO4. The van der Waals surface area contributed by atoms with Crippen LogP contribution < -0.4 is 0 Å². The second-order valence-corrected chi connectivity index (χ2v) is 6.08. The van der Waals surface area contributed by atoms with E-state index in [2.05, 4.69) is 0 Å². The molecule has 1 amide bonds. The van der Waals surface area contributed by atoms with Crippen LogP contribution in [0.15, 0.2) is 0 Å². The summed E-state index contributed by atoms with van der Waals surface area (Å²) in [7, 11) is 1.32. The van der Waals surface area contributed by atoms with Crippen molar-refractivity contribution in [2.45, 2.75) is 51.2 Å². The monoisotopic (exact) mass is 291 g/mol. The van der Waals surface area contributed by atoms with Gasteiger partial charge in [-0.25, -0.2) is 9.59 Å². The molecule has 0 saturated carbocycles. The van der Waals surface area contributed by atoms with Crippen molar-refractivity contribution in [3.8, 4) is 0 Å². The molecule has 1 heterocycles. The van der Waals surface area contributed by atoms with Gasteiger partial charge in [0.2, 0.25) is 0 Å². The molecule has 0 radical (unpaired) electrons. The lowest BCUT2D eigenvalue weighted by molar-refractivity contribution is -0.153. The first-order valence-corrected chi connectivity index (χ1v) is 6.95. The first-order valence-electron chi connectivity index (χ1n) is 6.42. The number of nitrogens with zero attached hydrogens (tertiary/aromatic N) is 1. The summed E-state index contributed by atoms with van der Waals surface area (Å²) in [4.78, 5) is 25.8. The van der Waals surface area contributed by atoms with Crippen LogP contribution in [0.3, 0.4) is 0 Å². The number of rotatable bonds is 3. The molecule has 110 valence electrons. The predicted molar refractivity (Wildman–Crippen MR) is 72.3 cm³/mol. The molecule has 1 rings (SSSR count). The molecule has 1 atom stereocenters. The molecule has 1 saturated heterocycles. The minimum absolute atomic E-state index is 0.286. The van der Waals surface area contributed by atoms with Gasteiger partial charge in [0.15, 0.2) is 0 Å². The number of halogens is 1. The van der Waals surface area contributed by atoms with E-state index in [-0.39, 0.29) is 5.88 Å². The second kappa shape index (κ2) is 5.99. The fourth-order valence-electron chi connectivity index (χ4n) is 2.38. The third-order valence-corrected chi connectivity index (χ3v) is 3.37. The summed E-state index contributed by atoms with van der Waals surface area (Å²) >= 11 is 5.79. The van der Waals surface area contributed by atoms with Gasteiger partial charge in [0.25, 0.3) is 0 Å². The Morgan fingerprint density at radius 1 is 1.37 bits per heavy atom. The molecule has 0 aromatic heterocycles. The zero-order valence-corrected chi connectivity index (χ0v) is 12.7. The highest BCUT2D eigenvalue weighted by atomic mass is 35.5. The number of esters is 1. The van der Waals surface area contributed by atoms with Crippen LogP contribution in [0.5, 0.6) is 0 Å². The van der Waals surface area contributed by atoms with Crippen molar-refractivity contribution in [3.05, 3.63) is 0 Å². The summed E-state index contributed by atoms with van der Waals surface area (Å²) in [5.74, 6) is -0.134. The Labute approximate surface area is 119 Å². The number of alkyl halides is 1. The number of likely N-dealkylation sites (tertiary alicyclic amines) is 1. The van der Waals surface area contributed by atoms with Gasteiger partial charge < -0.3 is 9.47 Å². The van der Waals surface area contributed by atoms with Crippen LogP contribution in [0.1, 0.15) is 40.0 Å². The standard InChI is InChI=1S/C13H22ClNO4/c1-12(2,3)19-11(17)15-9-5-6-13(15,7-8-14)10(16)18-4/h5-9H2,1-4H3/t13-/m1/s1. The number of carbonyl (C=O) groups is 2. The molecule has 0 spiro atoms. The third-order valence-electron chi connectivity index (χ3n) is 3.18. The van der Waals surface area contributed by atoms with Crippen molar-refractivity contribution in [1.82, 2.24) is 4.90 Å². The number of hydrogen-bond donors (Lipinski definition) is 0. The number of amides is 1. The second-order valence-electron chi connectivity index (χ2n) is 5.70. The Bertz CT molecular complexity index is 353. The molecule has 0 bridgehead atoms. The zero-order valence-electron chi connectivity index (χ0n) is 12.0. The molecule has 1 aliphatic heterocycles. The quantitative estimate of drug-likeness (QED) is 0.592. The summed E-state index contributed by atoms with van der Waals surface area (Å²) in [6.45, 7) is 5.87. The van der Waals surface area contributed by atoms with Gasteiger partial charge in [-0.3, -0.25) is 4.90 Å². The van der Waals surface area contributed by atoms with Crippen molar-refractivity contribution in [1.29, 1.82) is 0 Å². The van der Waals surface area contributed by atoms with E-state index in [1.165, 1.54) is 12.0 Å². The van der Waals surface area contributed by atoms with E-state index in [4.69, 9.17) is 21.1 Å². The van der Waals surface area contributed by atoms with Crippen LogP contribution in [0.4, 0.5) is 4.79 Å². The molecule has 5 nitrogen and oxygen atoms in total. The molecule has 1 fully saturated rings. The van der Waals surface area contributed by atoms with Crippen molar-refractivity contribution < 1.29 is 19.1 Å². The first kappa shape index (κ1) is 16.1. The van der Waals surface area contributed by atoms with Crippen LogP contribution in [0.25, 0.3) is 0 Å². The molecule has 6 heteroatoms. The minimum atomic E-state index is -0.973.